The number of fused-ring (bicyclic) bond motifs is 1. The van der Waals surface area contributed by atoms with Crippen molar-refractivity contribution in [2.45, 2.75) is 32.2 Å². The molecule has 2 heterocycles. The molecule has 8 nitrogen and oxygen atoms in total. The number of aromatic nitrogens is 3. The van der Waals surface area contributed by atoms with Gasteiger partial charge in [0.1, 0.15) is 17.4 Å². The van der Waals surface area contributed by atoms with Crippen LogP contribution in [0, 0.1) is 0 Å². The van der Waals surface area contributed by atoms with E-state index in [1.165, 1.54) is 6.33 Å². The first kappa shape index (κ1) is 16.6. The van der Waals surface area contributed by atoms with Gasteiger partial charge in [-0.3, -0.25) is 0 Å². The summed E-state index contributed by atoms with van der Waals surface area (Å²) in [6.07, 6.45) is 2.36. The molecule has 22 heavy (non-hydrogen) atoms. The lowest BCUT2D eigenvalue weighted by molar-refractivity contribution is 0.0411. The minimum Gasteiger partial charge on any atom is -0.479 e. The molecule has 2 aromatic rings. The second kappa shape index (κ2) is 7.50. The minimum atomic E-state index is -1.02. The SMILES string of the molecule is CCn1cc(CN[C@@H](CO)[C@H](O)CO)c2ncnc(OC)c21. The van der Waals surface area contributed by atoms with Gasteiger partial charge in [0, 0.05) is 24.8 Å². The fraction of sp³-hybridized carbons (Fsp3) is 0.571. The first-order chi connectivity index (χ1) is 10.7. The van der Waals surface area contributed by atoms with Gasteiger partial charge >= 0.3 is 0 Å². The molecule has 0 amide bonds. The molecule has 0 fully saturated rings. The van der Waals surface area contributed by atoms with Crippen LogP contribution in [0.2, 0.25) is 0 Å². The highest BCUT2D eigenvalue weighted by Gasteiger charge is 2.19. The van der Waals surface area contributed by atoms with Crippen molar-refractivity contribution in [1.82, 2.24) is 19.9 Å². The fourth-order valence-electron chi connectivity index (χ4n) is 2.39. The molecule has 0 aliphatic carbocycles. The Labute approximate surface area is 128 Å². The standard InChI is InChI=1S/C14H22N4O4/c1-3-18-5-9(4-15-10(6-19)11(21)7-20)12-13(18)14(22-2)17-8-16-12/h5,8,10-11,15,19-21H,3-4,6-7H2,1-2H3/t10-,11+/m0/s1. The van der Waals surface area contributed by atoms with Gasteiger partial charge in [-0.2, -0.15) is 4.98 Å². The van der Waals surface area contributed by atoms with Gasteiger partial charge in [0.25, 0.3) is 0 Å². The maximum Gasteiger partial charge on any atom is 0.241 e. The van der Waals surface area contributed by atoms with Crippen LogP contribution < -0.4 is 10.1 Å². The molecule has 122 valence electrons. The number of aliphatic hydroxyl groups is 3. The highest BCUT2D eigenvalue weighted by atomic mass is 16.5. The van der Waals surface area contributed by atoms with Gasteiger partial charge in [-0.15, -0.1) is 0 Å². The van der Waals surface area contributed by atoms with Gasteiger partial charge in [0.15, 0.2) is 0 Å². The second-order valence-corrected chi connectivity index (χ2v) is 4.94. The molecule has 2 aromatic heterocycles. The van der Waals surface area contributed by atoms with Gasteiger partial charge in [-0.25, -0.2) is 4.98 Å². The van der Waals surface area contributed by atoms with E-state index in [0.29, 0.717) is 12.4 Å². The molecule has 0 spiro atoms. The predicted molar refractivity (Wildman–Crippen MR) is 80.6 cm³/mol. The Morgan fingerprint density at radius 2 is 2.09 bits per heavy atom. The number of rotatable bonds is 8. The number of methoxy groups -OCH3 is 1. The van der Waals surface area contributed by atoms with Crippen LogP contribution in [0.3, 0.4) is 0 Å². The van der Waals surface area contributed by atoms with Crippen LogP contribution in [-0.4, -0.2) is 62.3 Å². The zero-order valence-corrected chi connectivity index (χ0v) is 12.7. The van der Waals surface area contributed by atoms with E-state index in [-0.39, 0.29) is 6.61 Å². The Morgan fingerprint density at radius 3 is 2.68 bits per heavy atom. The van der Waals surface area contributed by atoms with Crippen LogP contribution in [0.25, 0.3) is 11.0 Å². The summed E-state index contributed by atoms with van der Waals surface area (Å²) in [5, 5.41) is 30.9. The van der Waals surface area contributed by atoms with Crippen molar-refractivity contribution in [1.29, 1.82) is 0 Å². The lowest BCUT2D eigenvalue weighted by Crippen LogP contribution is -2.44. The third kappa shape index (κ3) is 3.20. The first-order valence-corrected chi connectivity index (χ1v) is 7.16. The summed E-state index contributed by atoms with van der Waals surface area (Å²) >= 11 is 0. The molecular formula is C14H22N4O4. The number of nitrogens with one attached hydrogen (secondary N) is 1. The van der Waals surface area contributed by atoms with Crippen molar-refractivity contribution in [3.63, 3.8) is 0 Å². The zero-order chi connectivity index (χ0) is 16.1. The normalized spacial score (nSPS) is 14.2. The molecule has 0 unspecified atom stereocenters. The minimum absolute atomic E-state index is 0.271. The zero-order valence-electron chi connectivity index (χ0n) is 12.7. The van der Waals surface area contributed by atoms with E-state index in [9.17, 15) is 10.2 Å². The molecule has 0 aromatic carbocycles. The molecular weight excluding hydrogens is 288 g/mol. The van der Waals surface area contributed by atoms with Crippen LogP contribution in [0.15, 0.2) is 12.5 Å². The summed E-state index contributed by atoms with van der Waals surface area (Å²) in [4.78, 5) is 8.41. The van der Waals surface area contributed by atoms with Crippen LogP contribution in [0.5, 0.6) is 5.88 Å². The van der Waals surface area contributed by atoms with Crippen LogP contribution in [0.1, 0.15) is 12.5 Å². The summed E-state index contributed by atoms with van der Waals surface area (Å²) in [6.45, 7) is 2.46. The number of aryl methyl sites for hydroxylation is 1. The van der Waals surface area contributed by atoms with Crippen LogP contribution in [0.4, 0.5) is 0 Å². The topological polar surface area (TPSA) is 113 Å². The molecule has 2 rings (SSSR count). The highest BCUT2D eigenvalue weighted by Crippen LogP contribution is 2.26. The van der Waals surface area contributed by atoms with Gasteiger partial charge < -0.3 is 29.9 Å². The molecule has 0 bridgehead atoms. The van der Waals surface area contributed by atoms with Crippen molar-refractivity contribution in [2.24, 2.45) is 0 Å². The highest BCUT2D eigenvalue weighted by molar-refractivity contribution is 5.83. The Hall–Kier alpha value is -1.74. The van der Waals surface area contributed by atoms with Crippen molar-refractivity contribution >= 4 is 11.0 Å². The molecule has 2 atom stereocenters. The van der Waals surface area contributed by atoms with Gasteiger partial charge in [0.2, 0.25) is 5.88 Å². The maximum absolute atomic E-state index is 9.62. The van der Waals surface area contributed by atoms with Gasteiger partial charge in [0.05, 0.1) is 32.5 Å². The van der Waals surface area contributed by atoms with E-state index < -0.39 is 18.8 Å². The van der Waals surface area contributed by atoms with E-state index in [0.717, 1.165) is 23.1 Å². The van der Waals surface area contributed by atoms with Crippen molar-refractivity contribution in [3.8, 4) is 5.88 Å². The van der Waals surface area contributed by atoms with Gasteiger partial charge in [-0.1, -0.05) is 0 Å². The van der Waals surface area contributed by atoms with E-state index in [1.54, 1.807) is 7.11 Å². The number of hydrogen-bond donors (Lipinski definition) is 4. The summed E-state index contributed by atoms with van der Waals surface area (Å²) in [5.74, 6) is 0.507. The molecule has 4 N–H and O–H groups in total. The largest absolute Gasteiger partial charge is 0.479 e. The molecule has 0 saturated heterocycles. The van der Waals surface area contributed by atoms with E-state index in [1.807, 2.05) is 17.7 Å². The Balaban J connectivity index is 2.28. The maximum atomic E-state index is 9.62. The summed E-state index contributed by atoms with van der Waals surface area (Å²) in [7, 11) is 1.56. The number of aliphatic hydroxyl groups excluding tert-OH is 3. The van der Waals surface area contributed by atoms with Crippen molar-refractivity contribution in [3.05, 3.63) is 18.1 Å². The Morgan fingerprint density at radius 1 is 1.32 bits per heavy atom. The number of nitrogens with zero attached hydrogens (tertiary/aromatic N) is 3. The third-order valence-corrected chi connectivity index (χ3v) is 3.63. The lowest BCUT2D eigenvalue weighted by atomic mass is 10.1. The van der Waals surface area contributed by atoms with E-state index in [4.69, 9.17) is 9.84 Å². The first-order valence-electron chi connectivity index (χ1n) is 7.16. The molecule has 0 radical (unpaired) electrons. The Kier molecular flexibility index (Phi) is 5.67. The smallest absolute Gasteiger partial charge is 0.241 e. The van der Waals surface area contributed by atoms with E-state index in [2.05, 4.69) is 15.3 Å². The van der Waals surface area contributed by atoms with Crippen molar-refractivity contribution < 1.29 is 20.1 Å². The fourth-order valence-corrected chi connectivity index (χ4v) is 2.39. The summed E-state index contributed by atoms with van der Waals surface area (Å²) in [6, 6.07) is -0.603. The van der Waals surface area contributed by atoms with Gasteiger partial charge in [-0.05, 0) is 6.92 Å². The third-order valence-electron chi connectivity index (χ3n) is 3.63. The number of hydrogen-bond acceptors (Lipinski definition) is 7. The lowest BCUT2D eigenvalue weighted by Gasteiger charge is -2.20. The van der Waals surface area contributed by atoms with Crippen LogP contribution in [-0.2, 0) is 13.1 Å². The van der Waals surface area contributed by atoms with Crippen LogP contribution >= 0.6 is 0 Å². The molecule has 8 heteroatoms. The number of ether oxygens (including phenoxy) is 1. The molecule has 0 saturated carbocycles. The Bertz CT molecular complexity index is 616. The quantitative estimate of drug-likeness (QED) is 0.508. The average Bonchev–Trinajstić information content (AvgIpc) is 2.93. The molecule has 0 aliphatic rings. The average molecular weight is 310 g/mol. The second-order valence-electron chi connectivity index (χ2n) is 4.94. The van der Waals surface area contributed by atoms with E-state index >= 15 is 0 Å². The van der Waals surface area contributed by atoms with Crippen molar-refractivity contribution in [2.75, 3.05) is 20.3 Å². The predicted octanol–water partition coefficient (Wildman–Crippen LogP) is -0.736. The monoisotopic (exact) mass is 310 g/mol. The summed E-state index contributed by atoms with van der Waals surface area (Å²) in [5.41, 5.74) is 2.48. The molecule has 0 aliphatic heterocycles. The summed E-state index contributed by atoms with van der Waals surface area (Å²) < 4.78 is 7.27.